The summed E-state index contributed by atoms with van der Waals surface area (Å²) in [5.41, 5.74) is 13.9. The number of nitrogens with two attached hydrogens (primary N) is 2. The van der Waals surface area contributed by atoms with Crippen LogP contribution in [0.1, 0.15) is 28.0 Å². The number of carbonyl (C=O) groups excluding carboxylic acids is 1. The topological polar surface area (TPSA) is 123 Å². The van der Waals surface area contributed by atoms with E-state index in [1.54, 1.807) is 0 Å². The summed E-state index contributed by atoms with van der Waals surface area (Å²) in [5.74, 6) is -0.0754. The number of rotatable bonds is 6. The van der Waals surface area contributed by atoms with Gasteiger partial charge in [0.15, 0.2) is 0 Å². The van der Waals surface area contributed by atoms with E-state index in [4.69, 9.17) is 11.5 Å². The first-order valence-electron chi connectivity index (χ1n) is 6.36. The maximum Gasteiger partial charge on any atom is 0.252 e. The van der Waals surface area contributed by atoms with E-state index in [1.807, 2.05) is 13.1 Å². The van der Waals surface area contributed by atoms with E-state index in [9.17, 15) is 4.79 Å². The Kier molecular flexibility index (Phi) is 4.19. The Bertz CT molecular complexity index is 607. The molecule has 1 amide bonds. The fourth-order valence-corrected chi connectivity index (χ4v) is 1.92. The summed E-state index contributed by atoms with van der Waals surface area (Å²) in [7, 11) is 0. The molecule has 106 valence electrons. The Morgan fingerprint density at radius 1 is 1.45 bits per heavy atom. The van der Waals surface area contributed by atoms with Crippen LogP contribution in [0, 0.1) is 6.92 Å². The molecule has 2 aromatic rings. The predicted molar refractivity (Wildman–Crippen MR) is 77.3 cm³/mol. The van der Waals surface area contributed by atoms with Gasteiger partial charge in [0, 0.05) is 12.2 Å². The largest absolute Gasteiger partial charge is 0.397 e. The lowest BCUT2D eigenvalue weighted by Gasteiger charge is -2.09. The lowest BCUT2D eigenvalue weighted by Crippen LogP contribution is -2.16. The van der Waals surface area contributed by atoms with Crippen molar-refractivity contribution in [3.63, 3.8) is 0 Å². The highest BCUT2D eigenvalue weighted by Crippen LogP contribution is 2.15. The third-order valence-corrected chi connectivity index (χ3v) is 3.02. The molecular weight excluding hydrogens is 256 g/mol. The van der Waals surface area contributed by atoms with Gasteiger partial charge in [-0.1, -0.05) is 0 Å². The van der Waals surface area contributed by atoms with Crippen molar-refractivity contribution in [3.8, 4) is 0 Å². The minimum absolute atomic E-state index is 0.310. The predicted octanol–water partition coefficient (Wildman–Crippen LogP) is 0.839. The van der Waals surface area contributed by atoms with Gasteiger partial charge < -0.3 is 16.8 Å². The van der Waals surface area contributed by atoms with Crippen LogP contribution < -0.4 is 16.8 Å². The molecule has 6 N–H and O–H groups in total. The van der Waals surface area contributed by atoms with Crippen LogP contribution in [-0.2, 0) is 6.42 Å². The number of hydrogen-bond donors (Lipinski definition) is 4. The molecule has 0 aromatic carbocycles. The number of H-pyrrole nitrogens is 1. The number of aromatic nitrogens is 3. The van der Waals surface area contributed by atoms with E-state index in [2.05, 4.69) is 20.5 Å². The minimum Gasteiger partial charge on any atom is -0.397 e. The molecule has 0 bridgehead atoms. The standard InChI is InChI=1S/C13H18N6O/c1-8-9(6-18-19-8)3-2-4-16-13-11(12(15)20)5-10(14)7-17-13/h5-7H,2-4,14H2,1H3,(H2,15,20)(H,16,17)(H,18,19). The van der Waals surface area contributed by atoms with Gasteiger partial charge in [0.25, 0.3) is 5.91 Å². The van der Waals surface area contributed by atoms with Gasteiger partial charge in [0.1, 0.15) is 5.82 Å². The molecule has 7 heteroatoms. The molecule has 0 radical (unpaired) electrons. The summed E-state index contributed by atoms with van der Waals surface area (Å²) >= 11 is 0. The van der Waals surface area contributed by atoms with E-state index in [0.29, 0.717) is 23.6 Å². The summed E-state index contributed by atoms with van der Waals surface area (Å²) in [6.45, 7) is 2.67. The molecule has 0 saturated carbocycles. The number of primary amides is 1. The van der Waals surface area contributed by atoms with E-state index in [-0.39, 0.29) is 0 Å². The van der Waals surface area contributed by atoms with Gasteiger partial charge in [-0.15, -0.1) is 0 Å². The average molecular weight is 274 g/mol. The van der Waals surface area contributed by atoms with Gasteiger partial charge in [0.05, 0.1) is 23.6 Å². The third-order valence-electron chi connectivity index (χ3n) is 3.02. The molecule has 0 spiro atoms. The molecule has 2 rings (SSSR count). The molecule has 0 saturated heterocycles. The van der Waals surface area contributed by atoms with Gasteiger partial charge in [-0.2, -0.15) is 5.10 Å². The van der Waals surface area contributed by atoms with Crippen LogP contribution >= 0.6 is 0 Å². The lowest BCUT2D eigenvalue weighted by atomic mass is 10.1. The van der Waals surface area contributed by atoms with Gasteiger partial charge >= 0.3 is 0 Å². The Balaban J connectivity index is 1.91. The molecule has 0 aliphatic rings. The van der Waals surface area contributed by atoms with E-state index in [0.717, 1.165) is 18.5 Å². The maximum atomic E-state index is 11.3. The number of anilines is 2. The van der Waals surface area contributed by atoms with Crippen molar-refractivity contribution >= 4 is 17.4 Å². The number of nitrogen functional groups attached to an aromatic ring is 1. The number of aromatic amines is 1. The summed E-state index contributed by atoms with van der Waals surface area (Å²) in [4.78, 5) is 15.4. The van der Waals surface area contributed by atoms with Gasteiger partial charge in [-0.05, 0) is 31.4 Å². The first-order chi connectivity index (χ1) is 9.58. The Hall–Kier alpha value is -2.57. The van der Waals surface area contributed by atoms with Crippen molar-refractivity contribution in [2.24, 2.45) is 5.73 Å². The summed E-state index contributed by atoms with van der Waals surface area (Å²) in [6.07, 6.45) is 5.11. The highest BCUT2D eigenvalue weighted by atomic mass is 16.1. The molecule has 0 atom stereocenters. The number of amides is 1. The zero-order valence-corrected chi connectivity index (χ0v) is 11.3. The van der Waals surface area contributed by atoms with Crippen LogP contribution in [0.15, 0.2) is 18.5 Å². The lowest BCUT2D eigenvalue weighted by molar-refractivity contribution is 0.100. The second-order valence-electron chi connectivity index (χ2n) is 4.58. The monoisotopic (exact) mass is 274 g/mol. The highest BCUT2D eigenvalue weighted by Gasteiger charge is 2.09. The summed E-state index contributed by atoms with van der Waals surface area (Å²) in [5, 5.41) is 9.98. The number of pyridine rings is 1. The summed E-state index contributed by atoms with van der Waals surface area (Å²) < 4.78 is 0. The first kappa shape index (κ1) is 13.9. The van der Waals surface area contributed by atoms with Crippen molar-refractivity contribution in [2.75, 3.05) is 17.6 Å². The normalized spacial score (nSPS) is 10.4. The SMILES string of the molecule is Cc1[nH]ncc1CCCNc1ncc(N)cc1C(N)=O. The van der Waals surface area contributed by atoms with Crippen molar-refractivity contribution in [1.29, 1.82) is 0 Å². The molecule has 0 aliphatic carbocycles. The molecule has 7 nitrogen and oxygen atoms in total. The Morgan fingerprint density at radius 3 is 2.90 bits per heavy atom. The van der Waals surface area contributed by atoms with E-state index < -0.39 is 5.91 Å². The highest BCUT2D eigenvalue weighted by molar-refractivity contribution is 5.98. The number of carbonyl (C=O) groups is 1. The molecular formula is C13H18N6O. The molecule has 2 aromatic heterocycles. The fourth-order valence-electron chi connectivity index (χ4n) is 1.92. The van der Waals surface area contributed by atoms with Crippen molar-refractivity contribution in [2.45, 2.75) is 19.8 Å². The van der Waals surface area contributed by atoms with Crippen LogP contribution in [0.4, 0.5) is 11.5 Å². The van der Waals surface area contributed by atoms with Gasteiger partial charge in [0.2, 0.25) is 0 Å². The van der Waals surface area contributed by atoms with Crippen molar-refractivity contribution in [3.05, 3.63) is 35.3 Å². The van der Waals surface area contributed by atoms with Crippen LogP contribution in [0.2, 0.25) is 0 Å². The van der Waals surface area contributed by atoms with Gasteiger partial charge in [-0.3, -0.25) is 9.89 Å². The number of hydrogen-bond acceptors (Lipinski definition) is 5. The first-order valence-corrected chi connectivity index (χ1v) is 6.36. The second-order valence-corrected chi connectivity index (χ2v) is 4.58. The van der Waals surface area contributed by atoms with Crippen LogP contribution in [0.5, 0.6) is 0 Å². The smallest absolute Gasteiger partial charge is 0.252 e. The fraction of sp³-hybridized carbons (Fsp3) is 0.308. The molecule has 0 fully saturated rings. The average Bonchev–Trinajstić information content (AvgIpc) is 2.81. The van der Waals surface area contributed by atoms with Gasteiger partial charge in [-0.25, -0.2) is 4.98 Å². The number of nitrogens with zero attached hydrogens (tertiary/aromatic N) is 2. The third kappa shape index (κ3) is 3.25. The van der Waals surface area contributed by atoms with E-state index in [1.165, 1.54) is 17.8 Å². The van der Waals surface area contributed by atoms with Crippen LogP contribution in [0.25, 0.3) is 0 Å². The Labute approximate surface area is 116 Å². The Morgan fingerprint density at radius 2 is 2.25 bits per heavy atom. The second kappa shape index (κ2) is 6.05. The summed E-state index contributed by atoms with van der Waals surface area (Å²) in [6, 6.07) is 1.53. The minimum atomic E-state index is -0.544. The molecule has 0 unspecified atom stereocenters. The number of nitrogens with one attached hydrogen (secondary N) is 2. The molecule has 0 aliphatic heterocycles. The van der Waals surface area contributed by atoms with Crippen LogP contribution in [-0.4, -0.2) is 27.6 Å². The maximum absolute atomic E-state index is 11.3. The quantitative estimate of drug-likeness (QED) is 0.581. The molecule has 20 heavy (non-hydrogen) atoms. The van der Waals surface area contributed by atoms with Crippen molar-refractivity contribution in [1.82, 2.24) is 15.2 Å². The van der Waals surface area contributed by atoms with Crippen molar-refractivity contribution < 1.29 is 4.79 Å². The van der Waals surface area contributed by atoms with Crippen LogP contribution in [0.3, 0.4) is 0 Å². The zero-order chi connectivity index (χ0) is 14.5. The number of aryl methyl sites for hydroxylation is 2. The van der Waals surface area contributed by atoms with E-state index >= 15 is 0 Å². The zero-order valence-electron chi connectivity index (χ0n) is 11.3. The molecule has 2 heterocycles.